The Morgan fingerprint density at radius 3 is 0.931 bits per heavy atom. The molecule has 15 heteroatoms. The highest BCUT2D eigenvalue weighted by Crippen LogP contribution is 2.44. The lowest BCUT2D eigenvalue weighted by molar-refractivity contribution is 0.953. The van der Waals surface area contributed by atoms with Crippen LogP contribution in [0.4, 0.5) is 0 Å². The zero-order chi connectivity index (χ0) is 94.1. The number of para-hydroxylation sites is 8. The van der Waals surface area contributed by atoms with Crippen LogP contribution in [-0.4, -0.2) is 67.0 Å². The standard InChI is InChI=1S/C45H29N5.C24H16N2.C21H14ClN3.C18H12N2.C6H5Br.CH4.B/c1-4-14-30(15-5-1)31-24-26-33(27-25-31)44-46-43(32-16-6-2-7-17-32)47-45(48-44)50-40-23-13-11-21-36(40)38-29-28-37-35-20-10-12-22-39(35)49(41(37)42(38)50)34-18-8-3-9-19-34;1-2-8-16(9-3-1)26-22-13-7-5-11-18(22)20-15-14-19-17-10-4-6-12-21(17)25-23(19)24(20)26;22-21-24-19(17-9-5-2-6-10-17)23-20(25-21)18-13-11-16(12-14-18)15-7-3-1-4-8-15;1-3-7-15-11(5-1)13-9-10-14-12-6-2-4-8-16(12)20-18(14)17(13)19-15;7-6-4-2-1-3-5-6;;/h1-29H;1-15,25H;1-14H;1-10,19-20H;1-5H;1H4;/i2D,6D,7D,16D,17D;;2D,5D,6D,9D,10D;;;;. The minimum atomic E-state index is -0.483. The van der Waals surface area contributed by atoms with E-state index in [1.54, 1.807) is 0 Å². The lowest BCUT2D eigenvalue weighted by Crippen LogP contribution is -2.07. The molecule has 12 nitrogen and oxygen atoms in total. The minimum absolute atomic E-state index is 0. The Balaban J connectivity index is 0.000000119. The van der Waals surface area contributed by atoms with Crippen LogP contribution in [0.25, 0.3) is 216 Å². The summed E-state index contributed by atoms with van der Waals surface area (Å²) in [4.78, 5) is 38.2. The first-order valence-electron chi connectivity index (χ1n) is 46.7. The highest BCUT2D eigenvalue weighted by molar-refractivity contribution is 9.10. The molecule has 0 bridgehead atoms. The monoisotopic (exact) mass is 1760 g/mol. The molecular weight excluding hydrogens is 1680 g/mol. The third kappa shape index (κ3) is 15.5. The van der Waals surface area contributed by atoms with Crippen molar-refractivity contribution in [2.24, 2.45) is 0 Å². The van der Waals surface area contributed by atoms with E-state index in [2.05, 4.69) is 249 Å². The second-order valence-corrected chi connectivity index (χ2v) is 31.9. The normalized spacial score (nSPS) is 12.3. The van der Waals surface area contributed by atoms with Gasteiger partial charge in [0.1, 0.15) is 0 Å². The van der Waals surface area contributed by atoms with Crippen molar-refractivity contribution in [1.29, 1.82) is 0 Å². The maximum atomic E-state index is 8.89. The van der Waals surface area contributed by atoms with Crippen molar-refractivity contribution in [3.63, 3.8) is 0 Å². The third-order valence-corrected chi connectivity index (χ3v) is 23.8. The topological polar surface area (TPSA) is 139 Å². The van der Waals surface area contributed by atoms with E-state index in [1.165, 1.54) is 92.9 Å². The Hall–Kier alpha value is -16.4. The fraction of sp³-hybridized carbons (Fsp3) is 0.00870. The van der Waals surface area contributed by atoms with Gasteiger partial charge in [-0.1, -0.05) is 393 Å². The summed E-state index contributed by atoms with van der Waals surface area (Å²) in [7, 11) is 0. The van der Waals surface area contributed by atoms with Crippen LogP contribution in [0, 0.1) is 0 Å². The van der Waals surface area contributed by atoms with Gasteiger partial charge in [-0.05, 0) is 107 Å². The predicted molar refractivity (Wildman–Crippen MR) is 548 cm³/mol. The van der Waals surface area contributed by atoms with Crippen LogP contribution in [-0.2, 0) is 0 Å². The molecule has 8 heterocycles. The van der Waals surface area contributed by atoms with Crippen molar-refractivity contribution in [1.82, 2.24) is 58.6 Å². The zero-order valence-corrected chi connectivity index (χ0v) is 71.1. The maximum absolute atomic E-state index is 8.89. The van der Waals surface area contributed by atoms with Gasteiger partial charge >= 0.3 is 0 Å². The molecule has 617 valence electrons. The summed E-state index contributed by atoms with van der Waals surface area (Å²) in [6, 6.07) is 126. The van der Waals surface area contributed by atoms with Crippen LogP contribution in [0.5, 0.6) is 0 Å². The molecule has 0 spiro atoms. The molecule has 8 aromatic heterocycles. The first-order chi connectivity index (χ1) is 67.5. The van der Waals surface area contributed by atoms with Gasteiger partial charge in [-0.15, -0.1) is 0 Å². The van der Waals surface area contributed by atoms with Crippen LogP contribution in [0.2, 0.25) is 5.28 Å². The van der Waals surface area contributed by atoms with Crippen molar-refractivity contribution in [2.75, 3.05) is 0 Å². The number of H-pyrrole nitrogens is 3. The quantitative estimate of drug-likeness (QED) is 0.123. The van der Waals surface area contributed by atoms with Gasteiger partial charge < -0.3 is 24.1 Å². The van der Waals surface area contributed by atoms with Crippen molar-refractivity contribution in [2.45, 2.75) is 7.43 Å². The van der Waals surface area contributed by atoms with Gasteiger partial charge in [-0.25, -0.2) is 9.97 Å². The highest BCUT2D eigenvalue weighted by atomic mass is 79.9. The molecule has 0 fully saturated rings. The number of fused-ring (bicyclic) bond motifs is 21. The van der Waals surface area contributed by atoms with E-state index >= 15 is 0 Å². The van der Waals surface area contributed by atoms with Crippen molar-refractivity contribution < 1.29 is 13.7 Å². The Morgan fingerprint density at radius 1 is 0.238 bits per heavy atom. The molecule has 0 saturated carbocycles. The van der Waals surface area contributed by atoms with Gasteiger partial charge in [0.05, 0.1) is 63.4 Å². The molecule has 0 aliphatic heterocycles. The maximum Gasteiger partial charge on any atom is 0.238 e. The van der Waals surface area contributed by atoms with Crippen LogP contribution in [0.15, 0.2) is 447 Å². The molecule has 0 amide bonds. The SMILES string of the molecule is Brc1ccccc1.C.[2H]c1c([2H])c([2H])c(-c2nc(-c3ccc(-c4ccccc4)cc3)nc(-n3c4ccccc4c4ccc5c6ccccc6n(-c6ccccc6)c5c43)n2)c([2H])c1[2H].[2H]c1c([2H])c([2H])c(-c2nc(Cl)nc(-c3ccc(-c4ccccc4)cc3)n2)c([2H])c1[2H].[B].c1ccc(-n2c3ccccc3c3ccc4c5ccccc5[nH]c4c32)cc1.c1ccc2c(c1)[nH]c1c2ccc2c3ccccc3[nH]c21. The van der Waals surface area contributed by atoms with Crippen LogP contribution < -0.4 is 0 Å². The zero-order valence-electron chi connectivity index (χ0n) is 78.7. The van der Waals surface area contributed by atoms with E-state index in [0.29, 0.717) is 17.0 Å². The largest absolute Gasteiger partial charge is 0.353 e. The van der Waals surface area contributed by atoms with Gasteiger partial charge in [0, 0.05) is 128 Å². The van der Waals surface area contributed by atoms with Crippen molar-refractivity contribution in [3.05, 3.63) is 452 Å². The molecule has 0 unspecified atom stereocenters. The van der Waals surface area contributed by atoms with E-state index in [1.807, 2.05) is 193 Å². The summed E-state index contributed by atoms with van der Waals surface area (Å²) >= 11 is 9.39. The minimum Gasteiger partial charge on any atom is -0.353 e. The third-order valence-electron chi connectivity index (χ3n) is 23.1. The molecule has 18 aromatic carbocycles. The molecule has 26 rings (SSSR count). The number of halogens is 2. The summed E-state index contributed by atoms with van der Waals surface area (Å²) in [5.41, 5.74) is 20.8. The van der Waals surface area contributed by atoms with Gasteiger partial charge in [0.2, 0.25) is 11.2 Å². The van der Waals surface area contributed by atoms with Gasteiger partial charge in [-0.2, -0.15) is 19.9 Å². The second-order valence-electron chi connectivity index (χ2n) is 30.6. The van der Waals surface area contributed by atoms with Crippen molar-refractivity contribution >= 4 is 167 Å². The molecule has 0 atom stereocenters. The number of hydrogen-bond donors (Lipinski definition) is 3. The molecule has 0 aliphatic carbocycles. The second kappa shape index (κ2) is 35.9. The number of benzene rings is 18. The average molecular weight is 1770 g/mol. The Kier molecular flexibility index (Phi) is 19.6. The first kappa shape index (κ1) is 70.8. The molecule has 3 radical (unpaired) electrons. The van der Waals surface area contributed by atoms with E-state index in [-0.39, 0.29) is 67.8 Å². The lowest BCUT2D eigenvalue weighted by Gasteiger charge is -2.13. The van der Waals surface area contributed by atoms with Crippen LogP contribution in [0.1, 0.15) is 21.1 Å². The number of nitrogens with one attached hydrogen (secondary N) is 3. The molecule has 130 heavy (non-hydrogen) atoms. The van der Waals surface area contributed by atoms with E-state index in [4.69, 9.17) is 40.3 Å². The number of aromatic nitrogens is 12. The molecule has 0 saturated heterocycles. The summed E-state index contributed by atoms with van der Waals surface area (Å²) < 4.78 is 90.5. The molecule has 3 N–H and O–H groups in total. The lowest BCUT2D eigenvalue weighted by atomic mass is 10.0. The Labute approximate surface area is 778 Å². The van der Waals surface area contributed by atoms with Crippen LogP contribution in [0.3, 0.4) is 0 Å². The molecular formula is C115H80BBrClN12. The van der Waals surface area contributed by atoms with E-state index in [9.17, 15) is 0 Å². The Bertz CT molecular complexity index is 9100. The molecule has 26 aromatic rings. The smallest absolute Gasteiger partial charge is 0.238 e. The summed E-state index contributed by atoms with van der Waals surface area (Å²) in [5.74, 6) is 0.701. The highest BCUT2D eigenvalue weighted by Gasteiger charge is 2.25. The number of hydrogen-bond acceptors (Lipinski definition) is 6. The van der Waals surface area contributed by atoms with Gasteiger partial charge in [-0.3, -0.25) is 4.57 Å². The van der Waals surface area contributed by atoms with Gasteiger partial charge in [0.15, 0.2) is 23.3 Å². The average Bonchev–Trinajstić information content (AvgIpc) is 1.54. The number of rotatable bonds is 9. The van der Waals surface area contributed by atoms with E-state index < -0.39 is 48.3 Å². The fourth-order valence-corrected chi connectivity index (χ4v) is 17.8. The van der Waals surface area contributed by atoms with Crippen LogP contribution >= 0.6 is 27.5 Å². The summed E-state index contributed by atoms with van der Waals surface area (Å²) in [5, 5.41) is 14.2. The number of nitrogens with zero attached hydrogens (tertiary/aromatic N) is 9. The fourth-order valence-electron chi connectivity index (χ4n) is 17.3. The van der Waals surface area contributed by atoms with Gasteiger partial charge in [0.25, 0.3) is 0 Å². The predicted octanol–water partition coefficient (Wildman–Crippen LogP) is 30.7. The molecule has 0 aliphatic rings. The summed E-state index contributed by atoms with van der Waals surface area (Å²) in [6.45, 7) is 0. The first-order valence-corrected chi connectivity index (χ1v) is 42.9. The van der Waals surface area contributed by atoms with E-state index in [0.717, 1.165) is 76.0 Å². The Morgan fingerprint density at radius 2 is 0.523 bits per heavy atom. The number of aromatic amines is 3. The summed E-state index contributed by atoms with van der Waals surface area (Å²) in [6.07, 6.45) is 0. The van der Waals surface area contributed by atoms with Crippen molar-refractivity contribution in [3.8, 4) is 85.1 Å².